The SMILES string of the molecule is Cc1ccc(OCCOC(=O)c2cc(-c3ccco3)nc3ccccc23)cc1. The zero-order chi connectivity index (χ0) is 19.3. The highest BCUT2D eigenvalue weighted by Gasteiger charge is 2.16. The first kappa shape index (κ1) is 17.8. The van der Waals surface area contributed by atoms with Crippen LogP contribution in [0.2, 0.25) is 0 Å². The Morgan fingerprint density at radius 3 is 2.61 bits per heavy atom. The number of hydrogen-bond donors (Lipinski definition) is 0. The van der Waals surface area contributed by atoms with Crippen molar-refractivity contribution in [1.82, 2.24) is 4.98 Å². The molecule has 0 aliphatic rings. The molecular weight excluding hydrogens is 354 g/mol. The van der Waals surface area contributed by atoms with E-state index < -0.39 is 5.97 Å². The van der Waals surface area contributed by atoms with Gasteiger partial charge in [-0.05, 0) is 43.3 Å². The molecule has 0 amide bonds. The van der Waals surface area contributed by atoms with Gasteiger partial charge in [-0.25, -0.2) is 9.78 Å². The Kier molecular flexibility index (Phi) is 5.06. The Balaban J connectivity index is 1.49. The van der Waals surface area contributed by atoms with E-state index in [9.17, 15) is 4.79 Å². The molecule has 2 aromatic carbocycles. The van der Waals surface area contributed by atoms with Crippen LogP contribution in [-0.2, 0) is 4.74 Å². The number of ether oxygens (including phenoxy) is 2. The second kappa shape index (κ2) is 7.96. The van der Waals surface area contributed by atoms with Crippen molar-refractivity contribution in [2.24, 2.45) is 0 Å². The van der Waals surface area contributed by atoms with Gasteiger partial charge in [0.2, 0.25) is 0 Å². The van der Waals surface area contributed by atoms with Crippen LogP contribution in [0.1, 0.15) is 15.9 Å². The normalized spacial score (nSPS) is 10.8. The molecule has 5 nitrogen and oxygen atoms in total. The monoisotopic (exact) mass is 373 g/mol. The summed E-state index contributed by atoms with van der Waals surface area (Å²) in [6.45, 7) is 2.45. The number of hydrogen-bond acceptors (Lipinski definition) is 5. The first-order valence-corrected chi connectivity index (χ1v) is 9.01. The number of nitrogens with zero attached hydrogens (tertiary/aromatic N) is 1. The van der Waals surface area contributed by atoms with Crippen molar-refractivity contribution in [3.63, 3.8) is 0 Å². The van der Waals surface area contributed by atoms with Crippen molar-refractivity contribution in [2.45, 2.75) is 6.92 Å². The van der Waals surface area contributed by atoms with Gasteiger partial charge >= 0.3 is 5.97 Å². The summed E-state index contributed by atoms with van der Waals surface area (Å²) in [5.74, 6) is 0.928. The average molecular weight is 373 g/mol. The topological polar surface area (TPSA) is 61.6 Å². The molecule has 0 aliphatic heterocycles. The highest BCUT2D eigenvalue weighted by molar-refractivity contribution is 6.04. The van der Waals surface area contributed by atoms with Gasteiger partial charge in [0.25, 0.3) is 0 Å². The van der Waals surface area contributed by atoms with Gasteiger partial charge in [0, 0.05) is 5.39 Å². The molecule has 0 fully saturated rings. The Labute approximate surface area is 162 Å². The predicted octanol–water partition coefficient (Wildman–Crippen LogP) is 5.04. The second-order valence-electron chi connectivity index (χ2n) is 6.35. The van der Waals surface area contributed by atoms with Crippen molar-refractivity contribution >= 4 is 16.9 Å². The number of carbonyl (C=O) groups is 1. The van der Waals surface area contributed by atoms with E-state index in [0.29, 0.717) is 22.5 Å². The molecule has 140 valence electrons. The standard InChI is InChI=1S/C23H19NO4/c1-16-8-10-17(11-9-16)26-13-14-28-23(25)19-15-21(22-7-4-12-27-22)24-20-6-3-2-5-18(19)20/h2-12,15H,13-14H2,1H3. The maximum absolute atomic E-state index is 12.7. The van der Waals surface area contributed by atoms with Gasteiger partial charge in [-0.1, -0.05) is 35.9 Å². The van der Waals surface area contributed by atoms with E-state index in [1.807, 2.05) is 61.5 Å². The maximum Gasteiger partial charge on any atom is 0.339 e. The van der Waals surface area contributed by atoms with E-state index in [2.05, 4.69) is 4.98 Å². The molecule has 2 heterocycles. The van der Waals surface area contributed by atoms with Gasteiger partial charge in [0.1, 0.15) is 24.7 Å². The fourth-order valence-corrected chi connectivity index (χ4v) is 2.90. The first-order chi connectivity index (χ1) is 13.7. The lowest BCUT2D eigenvalue weighted by atomic mass is 10.1. The summed E-state index contributed by atoms with van der Waals surface area (Å²) in [6.07, 6.45) is 1.58. The van der Waals surface area contributed by atoms with Gasteiger partial charge in [0.05, 0.1) is 17.3 Å². The number of pyridine rings is 1. The molecule has 0 atom stereocenters. The Bertz CT molecular complexity index is 1090. The van der Waals surface area contributed by atoms with Crippen LogP contribution in [0.5, 0.6) is 5.75 Å². The fourth-order valence-electron chi connectivity index (χ4n) is 2.90. The largest absolute Gasteiger partial charge is 0.490 e. The predicted molar refractivity (Wildman–Crippen MR) is 106 cm³/mol. The summed E-state index contributed by atoms with van der Waals surface area (Å²) >= 11 is 0. The number of furan rings is 1. The van der Waals surface area contributed by atoms with Crippen LogP contribution >= 0.6 is 0 Å². The van der Waals surface area contributed by atoms with Gasteiger partial charge in [-0.15, -0.1) is 0 Å². The molecule has 2 aromatic heterocycles. The summed E-state index contributed by atoms with van der Waals surface area (Å²) in [4.78, 5) is 17.3. The van der Waals surface area contributed by atoms with Crippen LogP contribution in [-0.4, -0.2) is 24.2 Å². The summed E-state index contributed by atoms with van der Waals surface area (Å²) < 4.78 is 16.5. The lowest BCUT2D eigenvalue weighted by molar-refractivity contribution is 0.0452. The lowest BCUT2D eigenvalue weighted by Crippen LogP contribution is -2.13. The van der Waals surface area contributed by atoms with Crippen LogP contribution in [0.4, 0.5) is 0 Å². The van der Waals surface area contributed by atoms with Gasteiger partial charge < -0.3 is 13.9 Å². The highest BCUT2D eigenvalue weighted by Crippen LogP contribution is 2.25. The van der Waals surface area contributed by atoms with Crippen LogP contribution in [0.15, 0.2) is 77.4 Å². The van der Waals surface area contributed by atoms with E-state index in [1.165, 1.54) is 0 Å². The van der Waals surface area contributed by atoms with Crippen LogP contribution < -0.4 is 4.74 Å². The first-order valence-electron chi connectivity index (χ1n) is 9.01. The number of esters is 1. The third kappa shape index (κ3) is 3.88. The quantitative estimate of drug-likeness (QED) is 0.350. The second-order valence-corrected chi connectivity index (χ2v) is 6.35. The molecule has 0 N–H and O–H groups in total. The molecule has 0 saturated carbocycles. The summed E-state index contributed by atoms with van der Waals surface area (Å²) in [5.41, 5.74) is 2.91. The number of carbonyl (C=O) groups excluding carboxylic acids is 1. The molecule has 4 rings (SSSR count). The summed E-state index contributed by atoms with van der Waals surface area (Å²) in [7, 11) is 0. The van der Waals surface area contributed by atoms with Crippen molar-refractivity contribution in [3.05, 3.63) is 84.1 Å². The number of rotatable bonds is 6. The fraction of sp³-hybridized carbons (Fsp3) is 0.130. The number of fused-ring (bicyclic) bond motifs is 1. The minimum Gasteiger partial charge on any atom is -0.490 e. The van der Waals surface area contributed by atoms with Gasteiger partial charge in [-0.3, -0.25) is 0 Å². The minimum atomic E-state index is -0.418. The van der Waals surface area contributed by atoms with Crippen molar-refractivity contribution in [3.8, 4) is 17.2 Å². The van der Waals surface area contributed by atoms with E-state index in [-0.39, 0.29) is 13.2 Å². The maximum atomic E-state index is 12.7. The molecule has 0 bridgehead atoms. The van der Waals surface area contributed by atoms with E-state index in [0.717, 1.165) is 16.7 Å². The molecule has 0 unspecified atom stereocenters. The molecule has 4 aromatic rings. The lowest BCUT2D eigenvalue weighted by Gasteiger charge is -2.10. The van der Waals surface area contributed by atoms with Crippen molar-refractivity contribution < 1.29 is 18.7 Å². The van der Waals surface area contributed by atoms with E-state index in [4.69, 9.17) is 13.9 Å². The van der Waals surface area contributed by atoms with Crippen LogP contribution in [0.3, 0.4) is 0 Å². The molecule has 0 spiro atoms. The summed E-state index contributed by atoms with van der Waals surface area (Å²) in [6, 6.07) is 20.5. The Morgan fingerprint density at radius 2 is 1.82 bits per heavy atom. The molecule has 28 heavy (non-hydrogen) atoms. The highest BCUT2D eigenvalue weighted by atomic mass is 16.6. The third-order valence-corrected chi connectivity index (χ3v) is 4.32. The number of aryl methyl sites for hydroxylation is 1. The average Bonchev–Trinajstić information content (AvgIpc) is 3.26. The molecule has 5 heteroatoms. The van der Waals surface area contributed by atoms with Gasteiger partial charge in [0.15, 0.2) is 5.76 Å². The molecule has 0 saturated heterocycles. The smallest absolute Gasteiger partial charge is 0.339 e. The minimum absolute atomic E-state index is 0.152. The molecular formula is C23H19NO4. The number of para-hydroxylation sites is 1. The molecule has 0 radical (unpaired) electrons. The Morgan fingerprint density at radius 1 is 1.00 bits per heavy atom. The zero-order valence-corrected chi connectivity index (χ0v) is 15.4. The van der Waals surface area contributed by atoms with Crippen LogP contribution in [0, 0.1) is 6.92 Å². The zero-order valence-electron chi connectivity index (χ0n) is 15.4. The third-order valence-electron chi connectivity index (χ3n) is 4.32. The Hall–Kier alpha value is -3.60. The molecule has 0 aliphatic carbocycles. The van der Waals surface area contributed by atoms with E-state index in [1.54, 1.807) is 18.4 Å². The van der Waals surface area contributed by atoms with Crippen molar-refractivity contribution in [1.29, 1.82) is 0 Å². The van der Waals surface area contributed by atoms with Crippen molar-refractivity contribution in [2.75, 3.05) is 13.2 Å². The van der Waals surface area contributed by atoms with Crippen LogP contribution in [0.25, 0.3) is 22.4 Å². The number of benzene rings is 2. The van der Waals surface area contributed by atoms with Gasteiger partial charge in [-0.2, -0.15) is 0 Å². The number of aromatic nitrogens is 1. The van der Waals surface area contributed by atoms with E-state index >= 15 is 0 Å². The summed E-state index contributed by atoms with van der Waals surface area (Å²) in [5, 5.41) is 0.738.